The molecule has 0 atom stereocenters. The summed E-state index contributed by atoms with van der Waals surface area (Å²) in [6, 6.07) is 0. The molecular formula is C12H4F5O2. The molecule has 5 radical (unpaired) electrons. The van der Waals surface area contributed by atoms with Gasteiger partial charge in [-0.1, -0.05) is 0 Å². The molecule has 2 nitrogen and oxygen atoms in total. The third kappa shape index (κ3) is 2.41. The summed E-state index contributed by atoms with van der Waals surface area (Å²) in [4.78, 5) is 11.4. The Morgan fingerprint density at radius 3 is 1.68 bits per heavy atom. The number of carbonyl (C=O) groups excluding carboxylic acids is 1. The fourth-order valence-corrected chi connectivity index (χ4v) is 1.34. The fraction of sp³-hybridized carbons (Fsp3) is 0. The summed E-state index contributed by atoms with van der Waals surface area (Å²) >= 11 is 0. The summed E-state index contributed by atoms with van der Waals surface area (Å²) in [6.45, 7) is 0. The van der Waals surface area contributed by atoms with Crippen LogP contribution >= 0.6 is 0 Å². The number of rotatable bonds is 2. The third-order valence-electron chi connectivity index (χ3n) is 2.26. The quantitative estimate of drug-likeness (QED) is 0.273. The first-order valence-electron chi connectivity index (χ1n) is 4.88. The van der Waals surface area contributed by atoms with Crippen molar-refractivity contribution in [2.24, 2.45) is 0 Å². The molecule has 0 bridgehead atoms. The normalized spacial score (nSPS) is 15.8. The van der Waals surface area contributed by atoms with Gasteiger partial charge in [0.15, 0.2) is 0 Å². The van der Waals surface area contributed by atoms with Crippen LogP contribution in [-0.4, -0.2) is 5.97 Å². The smallest absolute Gasteiger partial charge is 0.319 e. The Labute approximate surface area is 105 Å². The van der Waals surface area contributed by atoms with E-state index in [1.807, 2.05) is 0 Å². The van der Waals surface area contributed by atoms with E-state index in [1.165, 1.54) is 25.7 Å². The SMILES string of the molecule is O=C(Oc1c(F)c(F)c(F)c(F)c1F)[C]1[CH][CH][CH][CH]1. The lowest BCUT2D eigenvalue weighted by molar-refractivity contribution is -0.131. The number of benzene rings is 1. The highest BCUT2D eigenvalue weighted by Gasteiger charge is 2.32. The third-order valence-corrected chi connectivity index (χ3v) is 2.26. The van der Waals surface area contributed by atoms with Crippen molar-refractivity contribution in [3.8, 4) is 5.75 Å². The van der Waals surface area contributed by atoms with Crippen molar-refractivity contribution >= 4 is 5.97 Å². The van der Waals surface area contributed by atoms with Crippen LogP contribution in [0.3, 0.4) is 0 Å². The zero-order chi connectivity index (χ0) is 14.2. The second-order valence-electron chi connectivity index (χ2n) is 3.46. The van der Waals surface area contributed by atoms with Gasteiger partial charge in [0.25, 0.3) is 0 Å². The van der Waals surface area contributed by atoms with Gasteiger partial charge in [-0.25, -0.2) is 13.2 Å². The minimum Gasteiger partial charge on any atom is -0.420 e. The van der Waals surface area contributed by atoms with E-state index in [1.54, 1.807) is 0 Å². The van der Waals surface area contributed by atoms with Crippen molar-refractivity contribution in [2.45, 2.75) is 0 Å². The number of halogens is 5. The summed E-state index contributed by atoms with van der Waals surface area (Å²) in [5.41, 5.74) is 0. The molecule has 0 N–H and O–H groups in total. The minimum absolute atomic E-state index is 0.0797. The largest absolute Gasteiger partial charge is 0.420 e. The summed E-state index contributed by atoms with van der Waals surface area (Å²) in [5, 5.41) is 0. The molecule has 0 heterocycles. The van der Waals surface area contributed by atoms with Gasteiger partial charge in [0, 0.05) is 0 Å². The zero-order valence-electron chi connectivity index (χ0n) is 9.02. The first-order chi connectivity index (χ1) is 8.93. The zero-order valence-corrected chi connectivity index (χ0v) is 9.02. The Balaban J connectivity index is 2.32. The van der Waals surface area contributed by atoms with Crippen LogP contribution in [0.25, 0.3) is 0 Å². The monoisotopic (exact) mass is 275 g/mol. The van der Waals surface area contributed by atoms with Crippen LogP contribution in [0.15, 0.2) is 0 Å². The van der Waals surface area contributed by atoms with E-state index in [2.05, 4.69) is 4.74 Å². The van der Waals surface area contributed by atoms with E-state index in [-0.39, 0.29) is 5.92 Å². The molecule has 2 rings (SSSR count). The maximum Gasteiger partial charge on any atom is 0.319 e. The molecule has 1 fully saturated rings. The highest BCUT2D eigenvalue weighted by atomic mass is 19.2. The molecule has 19 heavy (non-hydrogen) atoms. The van der Waals surface area contributed by atoms with Crippen molar-refractivity contribution in [1.82, 2.24) is 0 Å². The van der Waals surface area contributed by atoms with E-state index < -0.39 is 40.8 Å². The van der Waals surface area contributed by atoms with Crippen LogP contribution in [0.1, 0.15) is 0 Å². The molecule has 1 saturated carbocycles. The van der Waals surface area contributed by atoms with E-state index >= 15 is 0 Å². The van der Waals surface area contributed by atoms with Gasteiger partial charge in [-0.2, -0.15) is 8.78 Å². The Kier molecular flexibility index (Phi) is 3.73. The molecule has 0 aromatic heterocycles. The van der Waals surface area contributed by atoms with Gasteiger partial charge < -0.3 is 4.74 Å². The van der Waals surface area contributed by atoms with Crippen LogP contribution < -0.4 is 4.74 Å². The molecule has 1 aliphatic rings. The molecule has 0 amide bonds. The summed E-state index contributed by atoms with van der Waals surface area (Å²) in [5.74, 6) is -14.0. The van der Waals surface area contributed by atoms with Gasteiger partial charge in [-0.05, 0) is 25.7 Å². The van der Waals surface area contributed by atoms with E-state index in [0.717, 1.165) is 0 Å². The Bertz CT molecular complexity index is 494. The fourth-order valence-electron chi connectivity index (χ4n) is 1.34. The maximum atomic E-state index is 13.2. The summed E-state index contributed by atoms with van der Waals surface area (Å²) in [6.07, 6.45) is 5.40. The number of esters is 1. The predicted molar refractivity (Wildman–Crippen MR) is 52.3 cm³/mol. The average molecular weight is 275 g/mol. The van der Waals surface area contributed by atoms with Crippen LogP contribution in [0, 0.1) is 60.7 Å². The number of ether oxygens (including phenoxy) is 1. The van der Waals surface area contributed by atoms with Gasteiger partial charge in [-0.15, -0.1) is 0 Å². The van der Waals surface area contributed by atoms with Gasteiger partial charge >= 0.3 is 5.97 Å². The van der Waals surface area contributed by atoms with Crippen LogP contribution in [0.2, 0.25) is 0 Å². The first-order valence-corrected chi connectivity index (χ1v) is 4.88. The second kappa shape index (κ2) is 5.14. The van der Waals surface area contributed by atoms with Crippen LogP contribution in [0.4, 0.5) is 22.0 Å². The van der Waals surface area contributed by atoms with Crippen molar-refractivity contribution < 1.29 is 31.5 Å². The molecule has 99 valence electrons. The molecule has 1 aliphatic carbocycles. The van der Waals surface area contributed by atoms with Crippen LogP contribution in [-0.2, 0) is 4.79 Å². The standard InChI is InChI=1S/C12H4F5O2/c13-6-7(14)9(16)11(10(17)8(6)15)19-12(18)5-3-1-2-4-5/h1-4H. The van der Waals surface area contributed by atoms with E-state index in [9.17, 15) is 26.7 Å². The summed E-state index contributed by atoms with van der Waals surface area (Å²) in [7, 11) is 0. The molecule has 0 unspecified atom stereocenters. The maximum absolute atomic E-state index is 13.2. The highest BCUT2D eigenvalue weighted by molar-refractivity contribution is 5.92. The minimum atomic E-state index is -2.32. The van der Waals surface area contributed by atoms with Crippen molar-refractivity contribution in [1.29, 1.82) is 0 Å². The molecular weight excluding hydrogens is 271 g/mol. The molecule has 0 saturated heterocycles. The highest BCUT2D eigenvalue weighted by Crippen LogP contribution is 2.31. The van der Waals surface area contributed by atoms with Gasteiger partial charge in [-0.3, -0.25) is 4.79 Å². The van der Waals surface area contributed by atoms with Gasteiger partial charge in [0.1, 0.15) is 0 Å². The number of carbonyl (C=O) groups is 1. The number of hydrogen-bond donors (Lipinski definition) is 0. The lowest BCUT2D eigenvalue weighted by Gasteiger charge is -2.11. The van der Waals surface area contributed by atoms with Crippen molar-refractivity contribution in [3.63, 3.8) is 0 Å². The lowest BCUT2D eigenvalue weighted by Crippen LogP contribution is -2.19. The van der Waals surface area contributed by atoms with E-state index in [4.69, 9.17) is 0 Å². The van der Waals surface area contributed by atoms with E-state index in [0.29, 0.717) is 0 Å². The Morgan fingerprint density at radius 2 is 1.21 bits per heavy atom. The molecule has 1 aromatic carbocycles. The Hall–Kier alpha value is -1.66. The molecule has 7 heteroatoms. The molecule has 0 spiro atoms. The lowest BCUT2D eigenvalue weighted by atomic mass is 10.1. The topological polar surface area (TPSA) is 26.3 Å². The predicted octanol–water partition coefficient (Wildman–Crippen LogP) is 2.69. The first kappa shape index (κ1) is 13.8. The van der Waals surface area contributed by atoms with Crippen LogP contribution in [0.5, 0.6) is 5.75 Å². The number of hydrogen-bond acceptors (Lipinski definition) is 2. The second-order valence-corrected chi connectivity index (χ2v) is 3.46. The van der Waals surface area contributed by atoms with Gasteiger partial charge in [0.2, 0.25) is 34.8 Å². The van der Waals surface area contributed by atoms with Gasteiger partial charge in [0.05, 0.1) is 5.92 Å². The average Bonchev–Trinajstić information content (AvgIpc) is 2.93. The summed E-state index contributed by atoms with van der Waals surface area (Å²) < 4.78 is 69.0. The van der Waals surface area contributed by atoms with Crippen molar-refractivity contribution in [2.75, 3.05) is 0 Å². The molecule has 1 aromatic rings. The Morgan fingerprint density at radius 1 is 0.789 bits per heavy atom. The van der Waals surface area contributed by atoms with Crippen molar-refractivity contribution in [3.05, 3.63) is 60.7 Å². The molecule has 0 aliphatic heterocycles.